The highest BCUT2D eigenvalue weighted by Crippen LogP contribution is 2.31. The Balaban J connectivity index is 2.39. The summed E-state index contributed by atoms with van der Waals surface area (Å²) >= 11 is 5.89. The molecule has 0 aromatic heterocycles. The predicted octanol–water partition coefficient (Wildman–Crippen LogP) is 4.68. The van der Waals surface area contributed by atoms with E-state index in [0.717, 1.165) is 11.6 Å². The number of carbonyl (C=O) groups is 1. The number of aryl methyl sites for hydroxylation is 1. The van der Waals surface area contributed by atoms with E-state index in [4.69, 9.17) is 21.4 Å². The van der Waals surface area contributed by atoms with Crippen LogP contribution in [-0.4, -0.2) is 11.1 Å². The molecule has 2 aromatic carbocycles. The average molecular weight is 307 g/mol. The molecule has 0 aliphatic carbocycles. The number of ether oxygens (including phenoxy) is 1. The third-order valence-corrected chi connectivity index (χ3v) is 2.98. The van der Waals surface area contributed by atoms with Gasteiger partial charge in [-0.2, -0.15) is 0 Å². The van der Waals surface area contributed by atoms with Crippen LogP contribution in [0, 0.1) is 12.7 Å². The van der Waals surface area contributed by atoms with Gasteiger partial charge in [-0.1, -0.05) is 17.7 Å². The summed E-state index contributed by atoms with van der Waals surface area (Å²) in [5.74, 6) is -0.733. The van der Waals surface area contributed by atoms with Crippen LogP contribution in [0.3, 0.4) is 0 Å². The molecule has 108 valence electrons. The fourth-order valence-electron chi connectivity index (χ4n) is 1.71. The highest BCUT2D eigenvalue weighted by Gasteiger charge is 2.07. The van der Waals surface area contributed by atoms with E-state index in [2.05, 4.69) is 0 Å². The molecule has 0 atom stereocenters. The first-order chi connectivity index (χ1) is 9.95. The maximum Gasteiger partial charge on any atom is 0.328 e. The number of benzene rings is 2. The van der Waals surface area contributed by atoms with E-state index in [9.17, 15) is 9.18 Å². The Morgan fingerprint density at radius 3 is 2.71 bits per heavy atom. The van der Waals surface area contributed by atoms with Crippen LogP contribution in [0.15, 0.2) is 42.5 Å². The van der Waals surface area contributed by atoms with Crippen LogP contribution in [0.1, 0.15) is 11.1 Å². The second kappa shape index (κ2) is 6.41. The van der Waals surface area contributed by atoms with E-state index in [1.807, 2.05) is 0 Å². The third-order valence-electron chi connectivity index (χ3n) is 2.75. The fraction of sp³-hybridized carbons (Fsp3) is 0.0625. The molecule has 0 aliphatic rings. The molecule has 0 saturated carbocycles. The van der Waals surface area contributed by atoms with Gasteiger partial charge < -0.3 is 9.84 Å². The Morgan fingerprint density at radius 1 is 1.24 bits per heavy atom. The molecule has 0 saturated heterocycles. The predicted molar refractivity (Wildman–Crippen MR) is 79.3 cm³/mol. The molecule has 0 unspecified atom stereocenters. The van der Waals surface area contributed by atoms with Gasteiger partial charge in [0.2, 0.25) is 0 Å². The van der Waals surface area contributed by atoms with Gasteiger partial charge >= 0.3 is 5.97 Å². The Kier molecular flexibility index (Phi) is 4.60. The maximum absolute atomic E-state index is 13.3. The highest BCUT2D eigenvalue weighted by molar-refractivity contribution is 6.30. The van der Waals surface area contributed by atoms with Crippen LogP contribution < -0.4 is 4.74 Å². The monoisotopic (exact) mass is 306 g/mol. The molecule has 0 spiro atoms. The summed E-state index contributed by atoms with van der Waals surface area (Å²) in [4.78, 5) is 10.6. The summed E-state index contributed by atoms with van der Waals surface area (Å²) in [7, 11) is 0. The topological polar surface area (TPSA) is 46.5 Å². The summed E-state index contributed by atoms with van der Waals surface area (Å²) < 4.78 is 18.9. The molecule has 2 rings (SSSR count). The highest BCUT2D eigenvalue weighted by atomic mass is 35.5. The van der Waals surface area contributed by atoms with Gasteiger partial charge in [0, 0.05) is 22.7 Å². The van der Waals surface area contributed by atoms with E-state index in [1.54, 1.807) is 31.2 Å². The number of aliphatic carboxylic acids is 1. The Hall–Kier alpha value is -2.33. The van der Waals surface area contributed by atoms with Gasteiger partial charge in [0.15, 0.2) is 0 Å². The lowest BCUT2D eigenvalue weighted by Crippen LogP contribution is -1.92. The molecule has 0 fully saturated rings. The van der Waals surface area contributed by atoms with Crippen molar-refractivity contribution in [1.82, 2.24) is 0 Å². The summed E-state index contributed by atoms with van der Waals surface area (Å²) in [6, 6.07) is 9.01. The number of hydrogen-bond acceptors (Lipinski definition) is 2. The van der Waals surface area contributed by atoms with Crippen molar-refractivity contribution < 1.29 is 19.0 Å². The van der Waals surface area contributed by atoms with Crippen LogP contribution in [0.25, 0.3) is 6.08 Å². The molecule has 0 heterocycles. The fourth-order valence-corrected chi connectivity index (χ4v) is 1.89. The zero-order valence-electron chi connectivity index (χ0n) is 11.1. The molecule has 5 heteroatoms. The van der Waals surface area contributed by atoms with Gasteiger partial charge in [-0.15, -0.1) is 0 Å². The van der Waals surface area contributed by atoms with E-state index in [0.29, 0.717) is 22.1 Å². The molecule has 0 radical (unpaired) electrons. The van der Waals surface area contributed by atoms with Crippen LogP contribution in [0.2, 0.25) is 5.02 Å². The number of rotatable bonds is 4. The minimum absolute atomic E-state index is 0.363. The van der Waals surface area contributed by atoms with Crippen molar-refractivity contribution >= 4 is 23.6 Å². The van der Waals surface area contributed by atoms with Crippen molar-refractivity contribution in [2.45, 2.75) is 6.92 Å². The summed E-state index contributed by atoms with van der Waals surface area (Å²) in [5.41, 5.74) is 1.26. The number of carboxylic acid groups (broad SMARTS) is 1. The van der Waals surface area contributed by atoms with Crippen molar-refractivity contribution in [2.24, 2.45) is 0 Å². The first-order valence-electron chi connectivity index (χ1n) is 6.10. The Bertz CT molecular complexity index is 711. The van der Waals surface area contributed by atoms with Crippen molar-refractivity contribution in [2.75, 3.05) is 0 Å². The van der Waals surface area contributed by atoms with Gasteiger partial charge in [-0.25, -0.2) is 9.18 Å². The minimum atomic E-state index is -1.08. The van der Waals surface area contributed by atoms with Crippen LogP contribution >= 0.6 is 11.6 Å². The lowest BCUT2D eigenvalue weighted by Gasteiger charge is -2.11. The molecule has 0 bridgehead atoms. The molecule has 1 N–H and O–H groups in total. The molecule has 0 aliphatic heterocycles. The van der Waals surface area contributed by atoms with Gasteiger partial charge in [0.25, 0.3) is 0 Å². The third kappa shape index (κ3) is 4.07. The van der Waals surface area contributed by atoms with Gasteiger partial charge in [0.05, 0.1) is 0 Å². The van der Waals surface area contributed by atoms with Crippen molar-refractivity contribution in [1.29, 1.82) is 0 Å². The molecule has 2 aromatic rings. The van der Waals surface area contributed by atoms with Gasteiger partial charge in [-0.05, 0) is 42.8 Å². The molecular formula is C16H12ClFO3. The first kappa shape index (κ1) is 15.1. The van der Waals surface area contributed by atoms with Crippen molar-refractivity contribution in [3.8, 4) is 11.5 Å². The normalized spacial score (nSPS) is 10.8. The molecular weight excluding hydrogens is 295 g/mol. The first-order valence-corrected chi connectivity index (χ1v) is 6.48. The molecule has 0 amide bonds. The van der Waals surface area contributed by atoms with Crippen molar-refractivity contribution in [3.05, 3.63) is 64.4 Å². The minimum Gasteiger partial charge on any atom is -0.478 e. The SMILES string of the molecule is Cc1ccc(F)cc1Oc1ccc(Cl)cc1/C=C/C(=O)O. The van der Waals surface area contributed by atoms with Crippen LogP contribution in [0.5, 0.6) is 11.5 Å². The zero-order chi connectivity index (χ0) is 15.4. The van der Waals surface area contributed by atoms with Crippen molar-refractivity contribution in [3.63, 3.8) is 0 Å². The van der Waals surface area contributed by atoms with Crippen LogP contribution in [0.4, 0.5) is 4.39 Å². The van der Waals surface area contributed by atoms with E-state index in [1.165, 1.54) is 18.2 Å². The maximum atomic E-state index is 13.3. The molecule has 21 heavy (non-hydrogen) atoms. The second-order valence-corrected chi connectivity index (χ2v) is 4.80. The lowest BCUT2D eigenvalue weighted by atomic mass is 10.1. The summed E-state index contributed by atoms with van der Waals surface area (Å²) in [5, 5.41) is 9.14. The quantitative estimate of drug-likeness (QED) is 0.834. The Labute approximate surface area is 126 Å². The average Bonchev–Trinajstić information content (AvgIpc) is 2.43. The zero-order valence-corrected chi connectivity index (χ0v) is 11.9. The van der Waals surface area contributed by atoms with Gasteiger partial charge in [0.1, 0.15) is 17.3 Å². The summed E-state index contributed by atoms with van der Waals surface area (Å²) in [6.07, 6.45) is 2.36. The van der Waals surface area contributed by atoms with E-state index in [-0.39, 0.29) is 0 Å². The largest absolute Gasteiger partial charge is 0.478 e. The summed E-state index contributed by atoms with van der Waals surface area (Å²) in [6.45, 7) is 1.79. The molecule has 3 nitrogen and oxygen atoms in total. The number of halogens is 2. The van der Waals surface area contributed by atoms with Crippen LogP contribution in [-0.2, 0) is 4.79 Å². The van der Waals surface area contributed by atoms with Gasteiger partial charge in [-0.3, -0.25) is 0 Å². The van der Waals surface area contributed by atoms with E-state index < -0.39 is 11.8 Å². The number of carboxylic acids is 1. The Morgan fingerprint density at radius 2 is 2.00 bits per heavy atom. The number of hydrogen-bond donors (Lipinski definition) is 1. The lowest BCUT2D eigenvalue weighted by molar-refractivity contribution is -0.131. The standard InChI is InChI=1S/C16H12ClFO3/c1-10-2-5-13(18)9-15(10)21-14-6-4-12(17)8-11(14)3-7-16(19)20/h2-9H,1H3,(H,19,20)/b7-3+. The van der Waals surface area contributed by atoms with E-state index >= 15 is 0 Å². The second-order valence-electron chi connectivity index (χ2n) is 4.37. The smallest absolute Gasteiger partial charge is 0.328 e.